The first kappa shape index (κ1) is 15.7. The van der Waals surface area contributed by atoms with E-state index in [0.29, 0.717) is 13.0 Å². The SMILES string of the molecule is CCCCOC(c1ccccc1)C(O)Cc1ccccc1. The smallest absolute Gasteiger partial charge is 0.109 e. The summed E-state index contributed by atoms with van der Waals surface area (Å²) in [6.45, 7) is 2.82. The van der Waals surface area contributed by atoms with E-state index in [2.05, 4.69) is 6.92 Å². The van der Waals surface area contributed by atoms with E-state index in [-0.39, 0.29) is 6.10 Å². The summed E-state index contributed by atoms with van der Waals surface area (Å²) >= 11 is 0. The summed E-state index contributed by atoms with van der Waals surface area (Å²) in [7, 11) is 0. The summed E-state index contributed by atoms with van der Waals surface area (Å²) in [5, 5.41) is 10.6. The second kappa shape index (κ2) is 8.60. The van der Waals surface area contributed by atoms with Gasteiger partial charge in [-0.3, -0.25) is 0 Å². The van der Waals surface area contributed by atoms with Gasteiger partial charge in [0.1, 0.15) is 6.10 Å². The molecule has 112 valence electrons. The number of aliphatic hydroxyl groups is 1. The molecule has 2 unspecified atom stereocenters. The van der Waals surface area contributed by atoms with Crippen molar-refractivity contribution in [3.05, 3.63) is 71.8 Å². The van der Waals surface area contributed by atoms with Crippen molar-refractivity contribution >= 4 is 0 Å². The molecular weight excluding hydrogens is 260 g/mol. The van der Waals surface area contributed by atoms with E-state index in [1.54, 1.807) is 0 Å². The average molecular weight is 284 g/mol. The predicted octanol–water partition coefficient (Wildman–Crippen LogP) is 4.15. The Kier molecular flexibility index (Phi) is 6.45. The molecule has 0 saturated heterocycles. The minimum absolute atomic E-state index is 0.266. The molecule has 0 bridgehead atoms. The van der Waals surface area contributed by atoms with Crippen molar-refractivity contribution in [1.82, 2.24) is 0 Å². The van der Waals surface area contributed by atoms with Crippen LogP contribution in [0, 0.1) is 0 Å². The van der Waals surface area contributed by atoms with Crippen molar-refractivity contribution in [2.75, 3.05) is 6.61 Å². The fourth-order valence-electron chi connectivity index (χ4n) is 2.39. The van der Waals surface area contributed by atoms with Gasteiger partial charge < -0.3 is 9.84 Å². The molecule has 2 rings (SSSR count). The molecule has 2 aromatic rings. The molecule has 2 atom stereocenters. The zero-order valence-corrected chi connectivity index (χ0v) is 12.6. The molecular formula is C19H24O2. The normalized spacial score (nSPS) is 13.8. The van der Waals surface area contributed by atoms with Gasteiger partial charge in [0.05, 0.1) is 6.10 Å². The third-order valence-electron chi connectivity index (χ3n) is 3.56. The first-order valence-electron chi connectivity index (χ1n) is 7.69. The zero-order valence-electron chi connectivity index (χ0n) is 12.6. The van der Waals surface area contributed by atoms with Crippen LogP contribution in [-0.4, -0.2) is 17.8 Å². The van der Waals surface area contributed by atoms with Crippen LogP contribution in [0.25, 0.3) is 0 Å². The van der Waals surface area contributed by atoms with Gasteiger partial charge in [-0.2, -0.15) is 0 Å². The fraction of sp³-hybridized carbons (Fsp3) is 0.368. The zero-order chi connectivity index (χ0) is 14.9. The summed E-state index contributed by atoms with van der Waals surface area (Å²) in [6, 6.07) is 20.1. The highest BCUT2D eigenvalue weighted by molar-refractivity contribution is 5.21. The molecule has 0 aromatic heterocycles. The van der Waals surface area contributed by atoms with E-state index in [4.69, 9.17) is 4.74 Å². The summed E-state index contributed by atoms with van der Waals surface area (Å²) in [5.74, 6) is 0. The molecule has 0 radical (unpaired) electrons. The molecule has 0 aliphatic heterocycles. The van der Waals surface area contributed by atoms with E-state index < -0.39 is 6.10 Å². The first-order valence-corrected chi connectivity index (χ1v) is 7.69. The van der Waals surface area contributed by atoms with Gasteiger partial charge in [0.15, 0.2) is 0 Å². The molecule has 0 aliphatic carbocycles. The Balaban J connectivity index is 2.07. The maximum absolute atomic E-state index is 10.6. The average Bonchev–Trinajstić information content (AvgIpc) is 2.53. The van der Waals surface area contributed by atoms with Gasteiger partial charge >= 0.3 is 0 Å². The lowest BCUT2D eigenvalue weighted by molar-refractivity contribution is -0.0398. The molecule has 0 spiro atoms. The molecule has 0 heterocycles. The number of unbranched alkanes of at least 4 members (excludes halogenated alkanes) is 1. The van der Waals surface area contributed by atoms with Gasteiger partial charge in [-0.05, 0) is 17.5 Å². The fourth-order valence-corrected chi connectivity index (χ4v) is 2.39. The van der Waals surface area contributed by atoms with Crippen LogP contribution >= 0.6 is 0 Å². The van der Waals surface area contributed by atoms with Crippen LogP contribution in [0.5, 0.6) is 0 Å². The van der Waals surface area contributed by atoms with Crippen LogP contribution < -0.4 is 0 Å². The number of hydrogen-bond acceptors (Lipinski definition) is 2. The Morgan fingerprint density at radius 3 is 2.19 bits per heavy atom. The molecule has 0 amide bonds. The standard InChI is InChI=1S/C19H24O2/c1-2-3-14-21-19(17-12-8-5-9-13-17)18(20)15-16-10-6-4-7-11-16/h4-13,18-20H,2-3,14-15H2,1H3. The largest absolute Gasteiger partial charge is 0.390 e. The van der Waals surface area contributed by atoms with Crippen LogP contribution in [0.2, 0.25) is 0 Å². The van der Waals surface area contributed by atoms with Crippen LogP contribution in [0.15, 0.2) is 60.7 Å². The monoisotopic (exact) mass is 284 g/mol. The molecule has 2 aromatic carbocycles. The number of benzene rings is 2. The van der Waals surface area contributed by atoms with Gasteiger partial charge in [-0.1, -0.05) is 74.0 Å². The van der Waals surface area contributed by atoms with E-state index >= 15 is 0 Å². The van der Waals surface area contributed by atoms with Crippen molar-refractivity contribution in [2.45, 2.75) is 38.4 Å². The van der Waals surface area contributed by atoms with E-state index in [1.807, 2.05) is 60.7 Å². The van der Waals surface area contributed by atoms with E-state index in [1.165, 1.54) is 0 Å². The Hall–Kier alpha value is -1.64. The van der Waals surface area contributed by atoms with Gasteiger partial charge in [-0.15, -0.1) is 0 Å². The minimum Gasteiger partial charge on any atom is -0.390 e. The number of rotatable bonds is 8. The topological polar surface area (TPSA) is 29.5 Å². The molecule has 2 heteroatoms. The predicted molar refractivity (Wildman–Crippen MR) is 86.2 cm³/mol. The Morgan fingerprint density at radius 1 is 0.952 bits per heavy atom. The van der Waals surface area contributed by atoms with Crippen molar-refractivity contribution in [1.29, 1.82) is 0 Å². The molecule has 0 aliphatic rings. The highest BCUT2D eigenvalue weighted by atomic mass is 16.5. The van der Waals surface area contributed by atoms with Gasteiger partial charge in [0, 0.05) is 13.0 Å². The van der Waals surface area contributed by atoms with Crippen molar-refractivity contribution in [2.24, 2.45) is 0 Å². The van der Waals surface area contributed by atoms with Crippen LogP contribution in [0.3, 0.4) is 0 Å². The summed E-state index contributed by atoms with van der Waals surface area (Å²) < 4.78 is 5.95. The Morgan fingerprint density at radius 2 is 1.57 bits per heavy atom. The van der Waals surface area contributed by atoms with E-state index in [9.17, 15) is 5.11 Å². The third-order valence-corrected chi connectivity index (χ3v) is 3.56. The first-order chi connectivity index (χ1) is 10.3. The third kappa shape index (κ3) is 5.00. The van der Waals surface area contributed by atoms with Gasteiger partial charge in [-0.25, -0.2) is 0 Å². The lowest BCUT2D eigenvalue weighted by Gasteiger charge is -2.24. The Bertz CT molecular complexity index is 495. The molecule has 21 heavy (non-hydrogen) atoms. The summed E-state index contributed by atoms with van der Waals surface area (Å²) in [6.07, 6.45) is 1.91. The summed E-state index contributed by atoms with van der Waals surface area (Å²) in [5.41, 5.74) is 2.17. The van der Waals surface area contributed by atoms with Crippen molar-refractivity contribution in [3.8, 4) is 0 Å². The highest BCUT2D eigenvalue weighted by Gasteiger charge is 2.21. The quantitative estimate of drug-likeness (QED) is 0.738. The number of hydrogen-bond donors (Lipinski definition) is 1. The van der Waals surface area contributed by atoms with Gasteiger partial charge in [0.25, 0.3) is 0 Å². The minimum atomic E-state index is -0.536. The van der Waals surface area contributed by atoms with Crippen LogP contribution in [0.1, 0.15) is 37.0 Å². The maximum Gasteiger partial charge on any atom is 0.109 e. The maximum atomic E-state index is 10.6. The summed E-state index contributed by atoms with van der Waals surface area (Å²) in [4.78, 5) is 0. The lowest BCUT2D eigenvalue weighted by Crippen LogP contribution is -2.24. The van der Waals surface area contributed by atoms with E-state index in [0.717, 1.165) is 24.0 Å². The van der Waals surface area contributed by atoms with Crippen molar-refractivity contribution in [3.63, 3.8) is 0 Å². The van der Waals surface area contributed by atoms with Gasteiger partial charge in [0.2, 0.25) is 0 Å². The number of ether oxygens (including phenoxy) is 1. The highest BCUT2D eigenvalue weighted by Crippen LogP contribution is 2.24. The molecule has 1 N–H and O–H groups in total. The Labute approximate surface area is 127 Å². The van der Waals surface area contributed by atoms with Crippen LogP contribution in [-0.2, 0) is 11.2 Å². The number of aliphatic hydroxyl groups excluding tert-OH is 1. The second-order valence-corrected chi connectivity index (χ2v) is 5.31. The lowest BCUT2D eigenvalue weighted by atomic mass is 9.98. The molecule has 0 saturated carbocycles. The molecule has 2 nitrogen and oxygen atoms in total. The van der Waals surface area contributed by atoms with Crippen LogP contribution in [0.4, 0.5) is 0 Å². The molecule has 0 fully saturated rings. The van der Waals surface area contributed by atoms with Crippen molar-refractivity contribution < 1.29 is 9.84 Å². The second-order valence-electron chi connectivity index (χ2n) is 5.31.